The lowest BCUT2D eigenvalue weighted by atomic mass is 10.3. The van der Waals surface area contributed by atoms with Crippen LogP contribution >= 0.6 is 11.6 Å². The maximum Gasteiger partial charge on any atom is 0.437 e. The van der Waals surface area contributed by atoms with Crippen molar-refractivity contribution in [2.24, 2.45) is 0 Å². The molecule has 0 N–H and O–H groups in total. The van der Waals surface area contributed by atoms with Crippen LogP contribution in [-0.2, 0) is 6.54 Å². The highest BCUT2D eigenvalue weighted by atomic mass is 35.5. The standard InChI is InChI=1S/C14H11ClN2O4/c15-10-3-5-11(6-4-10)19-9-7-17-14(18)21-13(16-17)12-2-1-8-20-12/h1-6,8H,7,9H2. The molecule has 0 saturated heterocycles. The molecule has 0 radical (unpaired) electrons. The lowest BCUT2D eigenvalue weighted by Crippen LogP contribution is -2.20. The summed E-state index contributed by atoms with van der Waals surface area (Å²) in [5.74, 6) is 0.671. The second-order valence-corrected chi connectivity index (χ2v) is 4.61. The Labute approximate surface area is 124 Å². The molecule has 1 aromatic carbocycles. The van der Waals surface area contributed by atoms with E-state index in [-0.39, 0.29) is 19.0 Å². The summed E-state index contributed by atoms with van der Waals surface area (Å²) < 4.78 is 16.8. The first-order chi connectivity index (χ1) is 10.2. The Hall–Kier alpha value is -2.47. The van der Waals surface area contributed by atoms with Crippen molar-refractivity contribution in [1.82, 2.24) is 9.78 Å². The van der Waals surface area contributed by atoms with Gasteiger partial charge < -0.3 is 13.6 Å². The van der Waals surface area contributed by atoms with Gasteiger partial charge in [-0.1, -0.05) is 11.6 Å². The molecule has 0 aliphatic heterocycles. The third-order valence-corrected chi connectivity index (χ3v) is 2.98. The number of furan rings is 1. The Morgan fingerprint density at radius 1 is 1.24 bits per heavy atom. The molecular weight excluding hydrogens is 296 g/mol. The van der Waals surface area contributed by atoms with E-state index in [1.807, 2.05) is 0 Å². The quantitative estimate of drug-likeness (QED) is 0.725. The van der Waals surface area contributed by atoms with Gasteiger partial charge in [-0.3, -0.25) is 0 Å². The van der Waals surface area contributed by atoms with Crippen molar-refractivity contribution in [2.45, 2.75) is 6.54 Å². The number of ether oxygens (including phenoxy) is 1. The van der Waals surface area contributed by atoms with E-state index in [2.05, 4.69) is 5.10 Å². The van der Waals surface area contributed by atoms with E-state index in [4.69, 9.17) is 25.2 Å². The highest BCUT2D eigenvalue weighted by Gasteiger charge is 2.12. The smallest absolute Gasteiger partial charge is 0.437 e. The molecular formula is C14H11ClN2O4. The molecule has 7 heteroatoms. The monoisotopic (exact) mass is 306 g/mol. The molecule has 0 unspecified atom stereocenters. The van der Waals surface area contributed by atoms with Gasteiger partial charge in [-0.15, -0.1) is 5.10 Å². The molecule has 0 aliphatic rings. The van der Waals surface area contributed by atoms with Crippen molar-refractivity contribution in [2.75, 3.05) is 6.61 Å². The second-order valence-electron chi connectivity index (χ2n) is 4.18. The Balaban J connectivity index is 1.63. The zero-order valence-electron chi connectivity index (χ0n) is 10.9. The highest BCUT2D eigenvalue weighted by molar-refractivity contribution is 6.30. The highest BCUT2D eigenvalue weighted by Crippen LogP contribution is 2.16. The number of nitrogens with zero attached hydrogens (tertiary/aromatic N) is 2. The minimum Gasteiger partial charge on any atom is -0.492 e. The van der Waals surface area contributed by atoms with Crippen molar-refractivity contribution in [3.63, 3.8) is 0 Å². The van der Waals surface area contributed by atoms with Crippen LogP contribution in [0.25, 0.3) is 11.7 Å². The van der Waals surface area contributed by atoms with Crippen LogP contribution in [0, 0.1) is 0 Å². The van der Waals surface area contributed by atoms with E-state index >= 15 is 0 Å². The fourth-order valence-electron chi connectivity index (χ4n) is 1.73. The molecule has 0 aliphatic carbocycles. The Kier molecular flexibility index (Phi) is 3.79. The van der Waals surface area contributed by atoms with Crippen molar-refractivity contribution in [1.29, 1.82) is 0 Å². The second kappa shape index (κ2) is 5.88. The molecule has 0 bridgehead atoms. The number of hydrogen-bond donors (Lipinski definition) is 0. The predicted octanol–water partition coefficient (Wildman–Crippen LogP) is 2.83. The predicted molar refractivity (Wildman–Crippen MR) is 75.4 cm³/mol. The first kappa shape index (κ1) is 13.5. The number of rotatable bonds is 5. The summed E-state index contributed by atoms with van der Waals surface area (Å²) >= 11 is 5.78. The first-order valence-corrected chi connectivity index (χ1v) is 6.60. The van der Waals surface area contributed by atoms with E-state index in [1.165, 1.54) is 10.9 Å². The minimum atomic E-state index is -0.555. The number of halogens is 1. The van der Waals surface area contributed by atoms with Gasteiger partial charge in [-0.2, -0.15) is 4.68 Å². The molecule has 0 saturated carbocycles. The molecule has 2 aromatic heterocycles. The van der Waals surface area contributed by atoms with Gasteiger partial charge in [-0.25, -0.2) is 4.79 Å². The average Bonchev–Trinajstić information content (AvgIpc) is 3.11. The van der Waals surface area contributed by atoms with Crippen LogP contribution in [0.1, 0.15) is 0 Å². The van der Waals surface area contributed by atoms with Gasteiger partial charge in [0.05, 0.1) is 12.8 Å². The van der Waals surface area contributed by atoms with E-state index in [9.17, 15) is 4.79 Å². The minimum absolute atomic E-state index is 0.150. The van der Waals surface area contributed by atoms with E-state index in [1.54, 1.807) is 36.4 Å². The van der Waals surface area contributed by atoms with Gasteiger partial charge in [0, 0.05) is 5.02 Å². The molecule has 108 valence electrons. The molecule has 21 heavy (non-hydrogen) atoms. The molecule has 0 atom stereocenters. The fraction of sp³-hybridized carbons (Fsp3) is 0.143. The summed E-state index contributed by atoms with van der Waals surface area (Å²) in [4.78, 5) is 11.6. The van der Waals surface area contributed by atoms with Crippen LogP contribution in [0.3, 0.4) is 0 Å². The van der Waals surface area contributed by atoms with Crippen LogP contribution in [0.15, 0.2) is 56.3 Å². The molecule has 3 rings (SSSR count). The molecule has 0 amide bonds. The van der Waals surface area contributed by atoms with Crippen molar-refractivity contribution in [3.05, 3.63) is 58.2 Å². The fourth-order valence-corrected chi connectivity index (χ4v) is 1.85. The van der Waals surface area contributed by atoms with Gasteiger partial charge in [0.1, 0.15) is 12.4 Å². The average molecular weight is 307 g/mol. The van der Waals surface area contributed by atoms with Gasteiger partial charge in [0.15, 0.2) is 5.76 Å². The summed E-state index contributed by atoms with van der Waals surface area (Å²) in [6.07, 6.45) is 1.48. The molecule has 0 fully saturated rings. The van der Waals surface area contributed by atoms with Crippen LogP contribution < -0.4 is 10.5 Å². The Bertz CT molecular complexity index is 759. The molecule has 0 spiro atoms. The normalized spacial score (nSPS) is 10.7. The third-order valence-electron chi connectivity index (χ3n) is 2.72. The van der Waals surface area contributed by atoms with Crippen LogP contribution in [0.4, 0.5) is 0 Å². The van der Waals surface area contributed by atoms with Gasteiger partial charge in [0.2, 0.25) is 0 Å². The molecule has 2 heterocycles. The SMILES string of the molecule is O=c1oc(-c2ccco2)nn1CCOc1ccc(Cl)cc1. The lowest BCUT2D eigenvalue weighted by molar-refractivity contribution is 0.285. The molecule has 3 aromatic rings. The summed E-state index contributed by atoms with van der Waals surface area (Å²) in [5, 5.41) is 4.68. The van der Waals surface area contributed by atoms with Crippen molar-refractivity contribution < 1.29 is 13.6 Å². The third kappa shape index (κ3) is 3.17. The maximum absolute atomic E-state index is 11.6. The van der Waals surface area contributed by atoms with Crippen LogP contribution in [-0.4, -0.2) is 16.4 Å². The van der Waals surface area contributed by atoms with Gasteiger partial charge in [-0.05, 0) is 36.4 Å². The Morgan fingerprint density at radius 3 is 2.76 bits per heavy atom. The first-order valence-electron chi connectivity index (χ1n) is 6.22. The molecule has 6 nitrogen and oxygen atoms in total. The zero-order valence-corrected chi connectivity index (χ0v) is 11.6. The Morgan fingerprint density at radius 2 is 2.05 bits per heavy atom. The van der Waals surface area contributed by atoms with E-state index in [0.717, 1.165) is 0 Å². The zero-order chi connectivity index (χ0) is 14.7. The van der Waals surface area contributed by atoms with Gasteiger partial charge in [0.25, 0.3) is 5.89 Å². The van der Waals surface area contributed by atoms with Crippen LogP contribution in [0.5, 0.6) is 5.75 Å². The number of aromatic nitrogens is 2. The van der Waals surface area contributed by atoms with Crippen LogP contribution in [0.2, 0.25) is 5.02 Å². The summed E-state index contributed by atoms with van der Waals surface area (Å²) in [5.41, 5.74) is 0. The maximum atomic E-state index is 11.6. The largest absolute Gasteiger partial charge is 0.492 e. The number of hydrogen-bond acceptors (Lipinski definition) is 5. The number of benzene rings is 1. The topological polar surface area (TPSA) is 70.4 Å². The van der Waals surface area contributed by atoms with Crippen molar-refractivity contribution >= 4 is 11.6 Å². The summed E-state index contributed by atoms with van der Waals surface area (Å²) in [6, 6.07) is 10.3. The lowest BCUT2D eigenvalue weighted by Gasteiger charge is -2.04. The van der Waals surface area contributed by atoms with Gasteiger partial charge >= 0.3 is 5.76 Å². The van der Waals surface area contributed by atoms with Crippen molar-refractivity contribution in [3.8, 4) is 17.4 Å². The summed E-state index contributed by atoms with van der Waals surface area (Å²) in [6.45, 7) is 0.553. The van der Waals surface area contributed by atoms with E-state index < -0.39 is 5.76 Å². The summed E-state index contributed by atoms with van der Waals surface area (Å²) in [7, 11) is 0. The van der Waals surface area contributed by atoms with E-state index in [0.29, 0.717) is 16.5 Å².